The number of carboxylic acid groups (broad SMARTS) is 2. The quantitative estimate of drug-likeness (QED) is 0.769. The molecule has 10 heteroatoms. The van der Waals surface area contributed by atoms with Crippen molar-refractivity contribution in [2.75, 3.05) is 31.1 Å². The number of carbonyl (C=O) groups is 3. The van der Waals surface area contributed by atoms with Gasteiger partial charge in [-0.25, -0.2) is 4.79 Å². The van der Waals surface area contributed by atoms with Gasteiger partial charge in [-0.2, -0.15) is 13.2 Å². The zero-order valence-electron chi connectivity index (χ0n) is 16.1. The Kier molecular flexibility index (Phi) is 6.56. The lowest BCUT2D eigenvalue weighted by molar-refractivity contribution is -0.192. The Morgan fingerprint density at radius 3 is 2.14 bits per heavy atom. The number of piperidine rings is 1. The summed E-state index contributed by atoms with van der Waals surface area (Å²) in [6.07, 6.45) is -3.28. The minimum absolute atomic E-state index is 0.0119. The molecule has 1 aromatic carbocycles. The van der Waals surface area contributed by atoms with E-state index in [0.717, 1.165) is 38.2 Å². The van der Waals surface area contributed by atoms with Gasteiger partial charge in [0.15, 0.2) is 0 Å². The molecule has 29 heavy (non-hydrogen) atoms. The number of anilines is 1. The average molecular weight is 416 g/mol. The van der Waals surface area contributed by atoms with Crippen LogP contribution < -0.4 is 4.90 Å². The molecule has 1 saturated heterocycles. The first-order chi connectivity index (χ1) is 13.4. The van der Waals surface area contributed by atoms with E-state index < -0.39 is 18.1 Å². The topological polar surface area (TPSA) is 98.2 Å². The van der Waals surface area contributed by atoms with Gasteiger partial charge in [-0.3, -0.25) is 14.5 Å². The minimum atomic E-state index is -5.08. The van der Waals surface area contributed by atoms with Crippen LogP contribution in [0.3, 0.4) is 0 Å². The molecule has 1 spiro atoms. The second-order valence-electron chi connectivity index (χ2n) is 7.38. The van der Waals surface area contributed by atoms with Gasteiger partial charge in [0.05, 0.1) is 6.54 Å². The molecule has 3 rings (SSSR count). The maximum Gasteiger partial charge on any atom is 0.490 e. The summed E-state index contributed by atoms with van der Waals surface area (Å²) in [5.74, 6) is -3.45. The lowest BCUT2D eigenvalue weighted by Gasteiger charge is -2.39. The predicted molar refractivity (Wildman–Crippen MR) is 97.9 cm³/mol. The van der Waals surface area contributed by atoms with E-state index in [2.05, 4.69) is 13.0 Å². The smallest absolute Gasteiger partial charge is 0.480 e. The number of benzene rings is 1. The highest BCUT2D eigenvalue weighted by Crippen LogP contribution is 2.47. The Bertz CT molecular complexity index is 802. The maximum atomic E-state index is 12.0. The largest absolute Gasteiger partial charge is 0.490 e. The number of likely N-dealkylation sites (tertiary alicyclic amines) is 1. The van der Waals surface area contributed by atoms with Crippen LogP contribution in [0.4, 0.5) is 18.9 Å². The minimum Gasteiger partial charge on any atom is -0.480 e. The molecule has 160 valence electrons. The molecule has 0 saturated carbocycles. The highest BCUT2D eigenvalue weighted by atomic mass is 19.4. The molecule has 2 N–H and O–H groups in total. The maximum absolute atomic E-state index is 12.0. The third kappa shape index (κ3) is 5.26. The van der Waals surface area contributed by atoms with Crippen molar-refractivity contribution in [2.45, 2.75) is 38.3 Å². The molecular weight excluding hydrogens is 393 g/mol. The SMILES string of the molecule is CC(=O)N1CC2(CCN(CC(=O)O)CC2)c2cc(C)ccc21.O=C(O)C(F)(F)F. The lowest BCUT2D eigenvalue weighted by atomic mass is 9.74. The number of hydrogen-bond donors (Lipinski definition) is 2. The van der Waals surface area contributed by atoms with E-state index in [1.165, 1.54) is 11.1 Å². The molecule has 2 heterocycles. The van der Waals surface area contributed by atoms with Gasteiger partial charge in [0, 0.05) is 24.6 Å². The van der Waals surface area contributed by atoms with Crippen molar-refractivity contribution in [2.24, 2.45) is 0 Å². The van der Waals surface area contributed by atoms with Gasteiger partial charge < -0.3 is 15.1 Å². The Hall–Kier alpha value is -2.62. The zero-order valence-corrected chi connectivity index (χ0v) is 16.1. The van der Waals surface area contributed by atoms with E-state index in [0.29, 0.717) is 0 Å². The number of aryl methyl sites for hydroxylation is 1. The van der Waals surface area contributed by atoms with E-state index in [-0.39, 0.29) is 17.9 Å². The number of carbonyl (C=O) groups excluding carboxylic acids is 1. The van der Waals surface area contributed by atoms with Crippen LogP contribution in [-0.4, -0.2) is 65.3 Å². The van der Waals surface area contributed by atoms with Gasteiger partial charge in [0.2, 0.25) is 5.91 Å². The van der Waals surface area contributed by atoms with Crippen LogP contribution in [0.25, 0.3) is 0 Å². The zero-order chi connectivity index (χ0) is 22.0. The Morgan fingerprint density at radius 1 is 1.14 bits per heavy atom. The van der Waals surface area contributed by atoms with Crippen LogP contribution in [0.15, 0.2) is 18.2 Å². The van der Waals surface area contributed by atoms with Crippen molar-refractivity contribution in [1.29, 1.82) is 0 Å². The first-order valence-electron chi connectivity index (χ1n) is 8.99. The number of carboxylic acids is 2. The molecular formula is C19H23F3N2O5. The number of alkyl halides is 3. The molecule has 0 radical (unpaired) electrons. The van der Waals surface area contributed by atoms with Gasteiger partial charge in [0.25, 0.3) is 0 Å². The third-order valence-electron chi connectivity index (χ3n) is 5.27. The lowest BCUT2D eigenvalue weighted by Crippen LogP contribution is -2.47. The highest BCUT2D eigenvalue weighted by Gasteiger charge is 2.45. The standard InChI is InChI=1S/C17H22N2O3.C2HF3O2/c1-12-3-4-15-14(9-12)17(11-19(15)13(2)20)5-7-18(8-6-17)10-16(21)22;3-2(4,5)1(6)7/h3-4,9H,5-8,10-11H2,1-2H3,(H,21,22);(H,6,7). The molecule has 1 fully saturated rings. The van der Waals surface area contributed by atoms with E-state index in [4.69, 9.17) is 15.0 Å². The summed E-state index contributed by atoms with van der Waals surface area (Å²) in [7, 11) is 0. The van der Waals surface area contributed by atoms with E-state index in [9.17, 15) is 22.8 Å². The molecule has 0 bridgehead atoms. The number of rotatable bonds is 2. The van der Waals surface area contributed by atoms with Crippen LogP contribution >= 0.6 is 0 Å². The molecule has 7 nitrogen and oxygen atoms in total. The van der Waals surface area contributed by atoms with Crippen molar-refractivity contribution >= 4 is 23.5 Å². The Labute approximate surface area is 165 Å². The van der Waals surface area contributed by atoms with E-state index >= 15 is 0 Å². The van der Waals surface area contributed by atoms with Crippen LogP contribution in [0.1, 0.15) is 30.9 Å². The second kappa shape index (κ2) is 8.40. The Morgan fingerprint density at radius 2 is 1.69 bits per heavy atom. The number of aliphatic carboxylic acids is 2. The molecule has 0 unspecified atom stereocenters. The fraction of sp³-hybridized carbons (Fsp3) is 0.526. The monoisotopic (exact) mass is 416 g/mol. The van der Waals surface area contributed by atoms with Gasteiger partial charge in [-0.1, -0.05) is 17.7 Å². The summed E-state index contributed by atoms with van der Waals surface area (Å²) in [6.45, 7) is 6.05. The third-order valence-corrected chi connectivity index (χ3v) is 5.27. The summed E-state index contributed by atoms with van der Waals surface area (Å²) < 4.78 is 31.7. The van der Waals surface area contributed by atoms with Crippen molar-refractivity contribution in [1.82, 2.24) is 4.90 Å². The Balaban J connectivity index is 0.000000370. The average Bonchev–Trinajstić information content (AvgIpc) is 2.91. The number of hydrogen-bond acceptors (Lipinski definition) is 4. The molecule has 0 aliphatic carbocycles. The summed E-state index contributed by atoms with van der Waals surface area (Å²) in [6, 6.07) is 6.29. The number of nitrogens with zero attached hydrogens (tertiary/aromatic N) is 2. The van der Waals surface area contributed by atoms with E-state index in [1.807, 2.05) is 21.9 Å². The number of fused-ring (bicyclic) bond motifs is 2. The van der Waals surface area contributed by atoms with Crippen molar-refractivity contribution < 1.29 is 37.8 Å². The van der Waals surface area contributed by atoms with Gasteiger partial charge >= 0.3 is 18.1 Å². The normalized spacial score (nSPS) is 18.0. The van der Waals surface area contributed by atoms with Crippen LogP contribution in [0, 0.1) is 6.92 Å². The molecule has 2 aliphatic heterocycles. The van der Waals surface area contributed by atoms with Crippen LogP contribution in [-0.2, 0) is 19.8 Å². The fourth-order valence-electron chi connectivity index (χ4n) is 3.82. The van der Waals surface area contributed by atoms with Crippen LogP contribution in [0.2, 0.25) is 0 Å². The summed E-state index contributed by atoms with van der Waals surface area (Å²) in [5.41, 5.74) is 3.49. The molecule has 0 aromatic heterocycles. The fourth-order valence-corrected chi connectivity index (χ4v) is 3.82. The van der Waals surface area contributed by atoms with E-state index in [1.54, 1.807) is 6.92 Å². The first kappa shape index (κ1) is 22.7. The van der Waals surface area contributed by atoms with Crippen molar-refractivity contribution in [3.8, 4) is 0 Å². The molecule has 0 atom stereocenters. The van der Waals surface area contributed by atoms with Gasteiger partial charge in [-0.15, -0.1) is 0 Å². The number of halogens is 3. The highest BCUT2D eigenvalue weighted by molar-refractivity contribution is 5.94. The van der Waals surface area contributed by atoms with Crippen molar-refractivity contribution in [3.05, 3.63) is 29.3 Å². The van der Waals surface area contributed by atoms with Gasteiger partial charge in [0.1, 0.15) is 0 Å². The predicted octanol–water partition coefficient (Wildman–Crippen LogP) is 2.41. The molecule has 2 aliphatic rings. The van der Waals surface area contributed by atoms with Crippen LogP contribution in [0.5, 0.6) is 0 Å². The second-order valence-corrected chi connectivity index (χ2v) is 7.38. The van der Waals surface area contributed by atoms with Crippen molar-refractivity contribution in [3.63, 3.8) is 0 Å². The molecule has 1 aromatic rings. The summed E-state index contributed by atoms with van der Waals surface area (Å²) in [4.78, 5) is 35.6. The first-order valence-corrected chi connectivity index (χ1v) is 8.99. The summed E-state index contributed by atoms with van der Waals surface area (Å²) in [5, 5.41) is 16.1. The van der Waals surface area contributed by atoms with Gasteiger partial charge in [-0.05, 0) is 44.5 Å². The summed E-state index contributed by atoms with van der Waals surface area (Å²) >= 11 is 0. The number of amides is 1. The molecule has 1 amide bonds.